The standard InChI is InChI=1S/C22H24N2O2/c1-16(25)23-12-6-9-19(15-23)22(26)24-13-17-7-2-4-10-20(17)21-11-5-3-8-18(21)14-24/h2-5,7-8,10-11,19H,6,9,12-15H2,1H3. The largest absolute Gasteiger partial charge is 0.342 e. The van der Waals surface area contributed by atoms with E-state index in [1.54, 1.807) is 6.92 Å². The van der Waals surface area contributed by atoms with Crippen LogP contribution in [-0.2, 0) is 22.7 Å². The van der Waals surface area contributed by atoms with E-state index >= 15 is 0 Å². The minimum Gasteiger partial charge on any atom is -0.342 e. The molecule has 0 aliphatic carbocycles. The van der Waals surface area contributed by atoms with Gasteiger partial charge in [0.15, 0.2) is 0 Å². The second-order valence-electron chi connectivity index (χ2n) is 7.31. The molecule has 2 aromatic rings. The van der Waals surface area contributed by atoms with Gasteiger partial charge in [-0.05, 0) is 35.1 Å². The summed E-state index contributed by atoms with van der Waals surface area (Å²) in [4.78, 5) is 28.8. The van der Waals surface area contributed by atoms with Crippen molar-refractivity contribution < 1.29 is 9.59 Å². The zero-order valence-electron chi connectivity index (χ0n) is 15.1. The Morgan fingerprint density at radius 1 is 0.885 bits per heavy atom. The molecule has 4 heteroatoms. The Kier molecular flexibility index (Phi) is 4.49. The number of fused-ring (bicyclic) bond motifs is 3. The molecule has 0 spiro atoms. The van der Waals surface area contributed by atoms with Gasteiger partial charge < -0.3 is 9.80 Å². The zero-order chi connectivity index (χ0) is 18.1. The minimum absolute atomic E-state index is 0.0639. The molecule has 2 amide bonds. The molecule has 4 nitrogen and oxygen atoms in total. The quantitative estimate of drug-likeness (QED) is 0.792. The summed E-state index contributed by atoms with van der Waals surface area (Å²) >= 11 is 0. The van der Waals surface area contributed by atoms with Crippen LogP contribution in [0.4, 0.5) is 0 Å². The Bertz CT molecular complexity index is 798. The number of nitrogens with zero attached hydrogens (tertiary/aromatic N) is 2. The van der Waals surface area contributed by atoms with Gasteiger partial charge >= 0.3 is 0 Å². The summed E-state index contributed by atoms with van der Waals surface area (Å²) in [6.07, 6.45) is 1.76. The summed E-state index contributed by atoms with van der Waals surface area (Å²) in [6.45, 7) is 4.16. The third kappa shape index (κ3) is 3.12. The molecule has 2 aliphatic heterocycles. The van der Waals surface area contributed by atoms with Gasteiger partial charge in [-0.15, -0.1) is 0 Å². The van der Waals surface area contributed by atoms with Crippen LogP contribution in [0.3, 0.4) is 0 Å². The summed E-state index contributed by atoms with van der Waals surface area (Å²) in [5, 5.41) is 0. The lowest BCUT2D eigenvalue weighted by Gasteiger charge is -2.34. The van der Waals surface area contributed by atoms with Gasteiger partial charge in [0.2, 0.25) is 11.8 Å². The number of amides is 2. The van der Waals surface area contributed by atoms with Crippen LogP contribution in [0.25, 0.3) is 11.1 Å². The maximum Gasteiger partial charge on any atom is 0.228 e. The van der Waals surface area contributed by atoms with E-state index in [4.69, 9.17) is 0 Å². The molecule has 0 aromatic heterocycles. The molecular formula is C22H24N2O2. The smallest absolute Gasteiger partial charge is 0.228 e. The number of carbonyl (C=O) groups excluding carboxylic acids is 2. The van der Waals surface area contributed by atoms with Crippen molar-refractivity contribution in [1.82, 2.24) is 9.80 Å². The van der Waals surface area contributed by atoms with Crippen molar-refractivity contribution in [2.45, 2.75) is 32.9 Å². The highest BCUT2D eigenvalue weighted by Gasteiger charge is 2.32. The van der Waals surface area contributed by atoms with E-state index in [1.807, 2.05) is 21.9 Å². The van der Waals surface area contributed by atoms with Crippen molar-refractivity contribution in [3.63, 3.8) is 0 Å². The number of carbonyl (C=O) groups is 2. The molecule has 0 saturated carbocycles. The predicted octanol–water partition coefficient (Wildman–Crippen LogP) is 3.45. The van der Waals surface area contributed by atoms with Crippen molar-refractivity contribution in [2.24, 2.45) is 5.92 Å². The molecule has 4 rings (SSSR count). The van der Waals surface area contributed by atoms with Gasteiger partial charge in [-0.25, -0.2) is 0 Å². The van der Waals surface area contributed by atoms with E-state index in [2.05, 4.69) is 36.4 Å². The highest BCUT2D eigenvalue weighted by molar-refractivity contribution is 5.82. The third-order valence-electron chi connectivity index (χ3n) is 5.57. The monoisotopic (exact) mass is 348 g/mol. The number of hydrogen-bond donors (Lipinski definition) is 0. The van der Waals surface area contributed by atoms with Crippen LogP contribution in [0.1, 0.15) is 30.9 Å². The van der Waals surface area contributed by atoms with Crippen LogP contribution < -0.4 is 0 Å². The van der Waals surface area contributed by atoms with Crippen molar-refractivity contribution in [3.05, 3.63) is 59.7 Å². The minimum atomic E-state index is -0.0925. The Hall–Kier alpha value is -2.62. The van der Waals surface area contributed by atoms with Crippen LogP contribution in [0.5, 0.6) is 0 Å². The number of hydrogen-bond acceptors (Lipinski definition) is 2. The van der Waals surface area contributed by atoms with E-state index < -0.39 is 0 Å². The van der Waals surface area contributed by atoms with Gasteiger partial charge in [0, 0.05) is 33.1 Å². The van der Waals surface area contributed by atoms with Gasteiger partial charge in [0.25, 0.3) is 0 Å². The fourth-order valence-corrected chi connectivity index (χ4v) is 4.19. The molecule has 134 valence electrons. The van der Waals surface area contributed by atoms with Gasteiger partial charge in [0.1, 0.15) is 0 Å². The molecule has 2 aromatic carbocycles. The van der Waals surface area contributed by atoms with Gasteiger partial charge in [-0.1, -0.05) is 48.5 Å². The van der Waals surface area contributed by atoms with Crippen LogP contribution in [0.15, 0.2) is 48.5 Å². The third-order valence-corrected chi connectivity index (χ3v) is 5.57. The molecule has 2 heterocycles. The van der Waals surface area contributed by atoms with Crippen LogP contribution in [0.2, 0.25) is 0 Å². The molecule has 0 bridgehead atoms. The second kappa shape index (κ2) is 6.94. The van der Waals surface area contributed by atoms with E-state index in [0.29, 0.717) is 19.6 Å². The Labute approximate surface area is 154 Å². The molecule has 1 unspecified atom stereocenters. The van der Waals surface area contributed by atoms with Crippen molar-refractivity contribution >= 4 is 11.8 Å². The van der Waals surface area contributed by atoms with Gasteiger partial charge in [-0.3, -0.25) is 9.59 Å². The van der Waals surface area contributed by atoms with E-state index in [-0.39, 0.29) is 17.7 Å². The number of benzene rings is 2. The highest BCUT2D eigenvalue weighted by Crippen LogP contribution is 2.33. The van der Waals surface area contributed by atoms with E-state index in [0.717, 1.165) is 19.4 Å². The normalized spacial score (nSPS) is 19.3. The molecule has 2 aliphatic rings. The Balaban J connectivity index is 1.64. The van der Waals surface area contributed by atoms with Crippen LogP contribution in [-0.4, -0.2) is 34.7 Å². The number of piperidine rings is 1. The maximum absolute atomic E-state index is 13.3. The first kappa shape index (κ1) is 16.8. The molecule has 26 heavy (non-hydrogen) atoms. The topological polar surface area (TPSA) is 40.6 Å². The summed E-state index contributed by atoms with van der Waals surface area (Å²) in [7, 11) is 0. The SMILES string of the molecule is CC(=O)N1CCCC(C(=O)N2Cc3ccccc3-c3ccccc3C2)C1. The van der Waals surface area contributed by atoms with Crippen molar-refractivity contribution in [3.8, 4) is 11.1 Å². The fraction of sp³-hybridized carbons (Fsp3) is 0.364. The first-order valence-electron chi connectivity index (χ1n) is 9.34. The van der Waals surface area contributed by atoms with Gasteiger partial charge in [-0.2, -0.15) is 0 Å². The first-order chi connectivity index (χ1) is 12.6. The van der Waals surface area contributed by atoms with Crippen molar-refractivity contribution in [1.29, 1.82) is 0 Å². The number of rotatable bonds is 1. The molecule has 1 atom stereocenters. The Morgan fingerprint density at radius 2 is 1.46 bits per heavy atom. The summed E-state index contributed by atoms with van der Waals surface area (Å²) in [5.74, 6) is 0.140. The lowest BCUT2D eigenvalue weighted by atomic mass is 9.96. The lowest BCUT2D eigenvalue weighted by Crippen LogP contribution is -2.45. The average molecular weight is 348 g/mol. The van der Waals surface area contributed by atoms with Gasteiger partial charge in [0.05, 0.1) is 5.92 Å². The summed E-state index contributed by atoms with van der Waals surface area (Å²) in [6, 6.07) is 16.7. The molecule has 1 fully saturated rings. The number of likely N-dealkylation sites (tertiary alicyclic amines) is 1. The van der Waals surface area contributed by atoms with Crippen molar-refractivity contribution in [2.75, 3.05) is 13.1 Å². The molecular weight excluding hydrogens is 324 g/mol. The zero-order valence-corrected chi connectivity index (χ0v) is 15.1. The van der Waals surface area contributed by atoms with Crippen LogP contribution >= 0.6 is 0 Å². The first-order valence-corrected chi connectivity index (χ1v) is 9.34. The molecule has 0 radical (unpaired) electrons. The van der Waals surface area contributed by atoms with E-state index in [9.17, 15) is 9.59 Å². The average Bonchev–Trinajstić information content (AvgIpc) is 2.84. The second-order valence-corrected chi connectivity index (χ2v) is 7.31. The van der Waals surface area contributed by atoms with E-state index in [1.165, 1.54) is 22.3 Å². The molecule has 1 saturated heterocycles. The van der Waals surface area contributed by atoms with Crippen LogP contribution in [0, 0.1) is 5.92 Å². The summed E-state index contributed by atoms with van der Waals surface area (Å²) in [5.41, 5.74) is 4.80. The Morgan fingerprint density at radius 3 is 2.04 bits per heavy atom. The predicted molar refractivity (Wildman–Crippen MR) is 101 cm³/mol. The lowest BCUT2D eigenvalue weighted by molar-refractivity contribution is -0.141. The highest BCUT2D eigenvalue weighted by atomic mass is 16.2. The maximum atomic E-state index is 13.3. The fourth-order valence-electron chi connectivity index (χ4n) is 4.19. The molecule has 0 N–H and O–H groups in total. The summed E-state index contributed by atoms with van der Waals surface area (Å²) < 4.78 is 0.